The molecule has 1 heterocycles. The molecule has 1 aliphatic heterocycles. The van der Waals surface area contributed by atoms with E-state index in [0.29, 0.717) is 13.1 Å². The van der Waals surface area contributed by atoms with Gasteiger partial charge >= 0.3 is 0 Å². The maximum Gasteiger partial charge on any atom is 0.211 e. The van der Waals surface area contributed by atoms with Gasteiger partial charge in [-0.05, 0) is 31.0 Å². The van der Waals surface area contributed by atoms with Gasteiger partial charge in [-0.2, -0.15) is 0 Å². The first-order chi connectivity index (χ1) is 9.95. The third-order valence-corrected chi connectivity index (χ3v) is 4.28. The van der Waals surface area contributed by atoms with Gasteiger partial charge in [-0.3, -0.25) is 0 Å². The summed E-state index contributed by atoms with van der Waals surface area (Å²) < 4.78 is 24.3. The summed E-state index contributed by atoms with van der Waals surface area (Å²) in [5, 5.41) is 3.38. The van der Waals surface area contributed by atoms with Crippen LogP contribution in [0.5, 0.6) is 0 Å². The van der Waals surface area contributed by atoms with Gasteiger partial charge in [-0.1, -0.05) is 39.8 Å². The van der Waals surface area contributed by atoms with E-state index in [0.717, 1.165) is 12.1 Å². The highest BCUT2D eigenvalue weighted by molar-refractivity contribution is 7.88. The fourth-order valence-corrected chi connectivity index (χ4v) is 3.01. The molecule has 0 bridgehead atoms. The molecular formula is C16H30N2O2S. The fraction of sp³-hybridized carbons (Fsp3) is 0.625. The van der Waals surface area contributed by atoms with Crippen molar-refractivity contribution in [1.29, 1.82) is 0 Å². The molecule has 1 aromatic rings. The third-order valence-electron chi connectivity index (χ3n) is 3.01. The lowest BCUT2D eigenvalue weighted by molar-refractivity contribution is 0.480. The van der Waals surface area contributed by atoms with Crippen molar-refractivity contribution in [2.75, 3.05) is 24.7 Å². The van der Waals surface area contributed by atoms with Gasteiger partial charge in [0.05, 0.1) is 6.26 Å². The van der Waals surface area contributed by atoms with Gasteiger partial charge in [0.25, 0.3) is 0 Å². The number of hydrogen-bond acceptors (Lipinski definition) is 3. The van der Waals surface area contributed by atoms with Crippen molar-refractivity contribution < 1.29 is 8.42 Å². The molecule has 122 valence electrons. The van der Waals surface area contributed by atoms with E-state index in [4.69, 9.17) is 0 Å². The topological polar surface area (TPSA) is 49.4 Å². The molecule has 1 fully saturated rings. The number of nitrogens with one attached hydrogen (secondary N) is 1. The Kier molecular flexibility index (Phi) is 9.29. The van der Waals surface area contributed by atoms with Crippen molar-refractivity contribution in [2.45, 2.75) is 47.1 Å². The van der Waals surface area contributed by atoms with Crippen LogP contribution in [-0.4, -0.2) is 38.1 Å². The summed E-state index contributed by atoms with van der Waals surface area (Å²) in [5.74, 6) is 0. The van der Waals surface area contributed by atoms with Crippen molar-refractivity contribution in [1.82, 2.24) is 4.31 Å². The van der Waals surface area contributed by atoms with Gasteiger partial charge in [0.15, 0.2) is 0 Å². The summed E-state index contributed by atoms with van der Waals surface area (Å²) in [6, 6.07) is 8.34. The Morgan fingerprint density at radius 1 is 1.19 bits per heavy atom. The van der Waals surface area contributed by atoms with Crippen LogP contribution in [0.25, 0.3) is 0 Å². The Morgan fingerprint density at radius 2 is 1.81 bits per heavy atom. The average Bonchev–Trinajstić information content (AvgIpc) is 2.92. The van der Waals surface area contributed by atoms with Crippen LogP contribution in [0.3, 0.4) is 0 Å². The summed E-state index contributed by atoms with van der Waals surface area (Å²) in [6.07, 6.45) is 2.13. The van der Waals surface area contributed by atoms with Crippen LogP contribution in [0.1, 0.15) is 39.7 Å². The van der Waals surface area contributed by atoms with Gasteiger partial charge in [0.1, 0.15) is 0 Å². The SMILES string of the molecule is CC.CC.Cc1cccc(NC2CCN(S(C)(=O)=O)C2)c1. The molecule has 21 heavy (non-hydrogen) atoms. The zero-order valence-corrected chi connectivity index (χ0v) is 15.0. The molecule has 0 radical (unpaired) electrons. The maximum atomic E-state index is 11.4. The molecule has 2 rings (SSSR count). The normalized spacial score (nSPS) is 18.1. The number of benzene rings is 1. The minimum Gasteiger partial charge on any atom is -0.381 e. The van der Waals surface area contributed by atoms with Gasteiger partial charge in [0, 0.05) is 24.8 Å². The Hall–Kier alpha value is -1.07. The highest BCUT2D eigenvalue weighted by Crippen LogP contribution is 2.18. The van der Waals surface area contributed by atoms with E-state index in [9.17, 15) is 8.42 Å². The quantitative estimate of drug-likeness (QED) is 0.929. The van der Waals surface area contributed by atoms with Crippen LogP contribution in [-0.2, 0) is 10.0 Å². The second kappa shape index (κ2) is 9.79. The highest BCUT2D eigenvalue weighted by Gasteiger charge is 2.28. The Bertz CT molecular complexity index is 501. The van der Waals surface area contributed by atoms with Gasteiger partial charge < -0.3 is 5.32 Å². The van der Waals surface area contributed by atoms with E-state index >= 15 is 0 Å². The number of sulfonamides is 1. The monoisotopic (exact) mass is 314 g/mol. The van der Waals surface area contributed by atoms with Crippen molar-refractivity contribution in [3.8, 4) is 0 Å². The lowest BCUT2D eigenvalue weighted by atomic mass is 10.2. The van der Waals surface area contributed by atoms with E-state index in [2.05, 4.69) is 11.4 Å². The van der Waals surface area contributed by atoms with Crippen LogP contribution < -0.4 is 5.32 Å². The van der Waals surface area contributed by atoms with E-state index in [1.165, 1.54) is 16.1 Å². The highest BCUT2D eigenvalue weighted by atomic mass is 32.2. The summed E-state index contributed by atoms with van der Waals surface area (Å²) in [5.41, 5.74) is 2.26. The number of aryl methyl sites for hydroxylation is 1. The minimum absolute atomic E-state index is 0.214. The van der Waals surface area contributed by atoms with Gasteiger partial charge in [0.2, 0.25) is 10.0 Å². The first-order valence-electron chi connectivity index (χ1n) is 7.73. The van der Waals surface area contributed by atoms with E-state index in [1.807, 2.05) is 52.8 Å². The molecule has 0 amide bonds. The lowest BCUT2D eigenvalue weighted by Crippen LogP contribution is -2.30. The maximum absolute atomic E-state index is 11.4. The Labute approximate surface area is 130 Å². The van der Waals surface area contributed by atoms with Crippen LogP contribution in [0.15, 0.2) is 24.3 Å². The molecule has 1 aliphatic rings. The predicted molar refractivity (Wildman–Crippen MR) is 92.3 cm³/mol. The standard InChI is InChI=1S/C12H18N2O2S.2C2H6/c1-10-4-3-5-11(8-10)13-12-6-7-14(9-12)17(2,15)16;2*1-2/h3-5,8,12-13H,6-7,9H2,1-2H3;2*1-2H3. The number of hydrogen-bond donors (Lipinski definition) is 1. The molecule has 5 heteroatoms. The Morgan fingerprint density at radius 3 is 2.29 bits per heavy atom. The predicted octanol–water partition coefficient (Wildman–Crippen LogP) is 3.49. The molecule has 1 unspecified atom stereocenters. The van der Waals surface area contributed by atoms with Crippen LogP contribution in [0, 0.1) is 6.92 Å². The number of nitrogens with zero attached hydrogens (tertiary/aromatic N) is 1. The van der Waals surface area contributed by atoms with E-state index < -0.39 is 10.0 Å². The molecule has 1 atom stereocenters. The minimum atomic E-state index is -3.04. The molecule has 1 saturated heterocycles. The molecule has 0 spiro atoms. The number of anilines is 1. The smallest absolute Gasteiger partial charge is 0.211 e. The van der Waals surface area contributed by atoms with Crippen molar-refractivity contribution in [2.24, 2.45) is 0 Å². The largest absolute Gasteiger partial charge is 0.381 e. The lowest BCUT2D eigenvalue weighted by Gasteiger charge is -2.15. The fourth-order valence-electron chi connectivity index (χ4n) is 2.12. The third kappa shape index (κ3) is 6.96. The number of rotatable bonds is 3. The molecule has 4 nitrogen and oxygen atoms in total. The molecular weight excluding hydrogens is 284 g/mol. The molecule has 1 N–H and O–H groups in total. The second-order valence-electron chi connectivity index (χ2n) is 4.62. The summed E-state index contributed by atoms with van der Waals surface area (Å²) in [7, 11) is -3.04. The molecule has 0 aromatic heterocycles. The van der Waals surface area contributed by atoms with Gasteiger partial charge in [-0.15, -0.1) is 0 Å². The van der Waals surface area contributed by atoms with Gasteiger partial charge in [-0.25, -0.2) is 12.7 Å². The van der Waals surface area contributed by atoms with E-state index in [1.54, 1.807) is 0 Å². The summed E-state index contributed by atoms with van der Waals surface area (Å²) in [4.78, 5) is 0. The first-order valence-corrected chi connectivity index (χ1v) is 9.58. The van der Waals surface area contributed by atoms with Crippen molar-refractivity contribution in [3.05, 3.63) is 29.8 Å². The average molecular weight is 314 g/mol. The molecule has 0 aliphatic carbocycles. The summed E-state index contributed by atoms with van der Waals surface area (Å²) >= 11 is 0. The van der Waals surface area contributed by atoms with E-state index in [-0.39, 0.29) is 6.04 Å². The molecule has 0 saturated carbocycles. The first kappa shape index (κ1) is 19.9. The van der Waals surface area contributed by atoms with Crippen molar-refractivity contribution in [3.63, 3.8) is 0 Å². The molecule has 1 aromatic carbocycles. The second-order valence-corrected chi connectivity index (χ2v) is 6.60. The summed E-state index contributed by atoms with van der Waals surface area (Å²) in [6.45, 7) is 11.2. The van der Waals surface area contributed by atoms with Crippen molar-refractivity contribution >= 4 is 15.7 Å². The van der Waals surface area contributed by atoms with Crippen LogP contribution in [0.2, 0.25) is 0 Å². The van der Waals surface area contributed by atoms with Crippen LogP contribution >= 0.6 is 0 Å². The van der Waals surface area contributed by atoms with Crippen LogP contribution in [0.4, 0.5) is 5.69 Å². The Balaban J connectivity index is 0.000000921. The zero-order chi connectivity index (χ0) is 16.5. The zero-order valence-electron chi connectivity index (χ0n) is 14.2.